The van der Waals surface area contributed by atoms with Crippen molar-refractivity contribution in [3.05, 3.63) is 0 Å². The minimum absolute atomic E-state index is 0.256. The largest absolute Gasteiger partial charge is 0.491 e. The first-order valence-electron chi connectivity index (χ1n) is 2.95. The van der Waals surface area contributed by atoms with E-state index >= 15 is 0 Å². The first-order chi connectivity index (χ1) is 5.91. The van der Waals surface area contributed by atoms with Crippen LogP contribution in [-0.2, 0) is 19.0 Å². The Balaban J connectivity index is 3.05. The lowest BCUT2D eigenvalue weighted by molar-refractivity contribution is 0.0292. The Morgan fingerprint density at radius 3 is 2.69 bits per heavy atom. The van der Waals surface area contributed by atoms with Crippen molar-refractivity contribution in [2.75, 3.05) is 7.05 Å². The van der Waals surface area contributed by atoms with Crippen molar-refractivity contribution < 1.29 is 17.0 Å². The van der Waals surface area contributed by atoms with E-state index in [1.54, 1.807) is 0 Å². The molecule has 10 heteroatoms. The van der Waals surface area contributed by atoms with Crippen LogP contribution < -0.4 is 11.5 Å². The van der Waals surface area contributed by atoms with E-state index in [1.807, 2.05) is 0 Å². The maximum Gasteiger partial charge on any atom is 0.491 e. The summed E-state index contributed by atoms with van der Waals surface area (Å²) in [6, 6.07) is 0. The molecule has 0 aliphatic carbocycles. The van der Waals surface area contributed by atoms with E-state index < -0.39 is 16.4 Å². The molecule has 13 heavy (non-hydrogen) atoms. The van der Waals surface area contributed by atoms with Gasteiger partial charge in [0.1, 0.15) is 0 Å². The highest BCUT2D eigenvalue weighted by Crippen LogP contribution is 2.02. The Kier molecular flexibility index (Phi) is 2.25. The van der Waals surface area contributed by atoms with Crippen LogP contribution in [0.1, 0.15) is 0 Å². The zero-order valence-electron chi connectivity index (χ0n) is 6.54. The van der Waals surface area contributed by atoms with Crippen LogP contribution in [0.5, 0.6) is 0 Å². The third kappa shape index (κ3) is 2.45. The Morgan fingerprint density at radius 2 is 2.08 bits per heavy atom. The standard InChI is InChI=1S/C3H7N5O4S/c1-8-3(5)6-2(4)7-11-13(9,10)12-8/h1H3,(H4,4,5,6,7). The third-order valence-corrected chi connectivity index (χ3v) is 1.64. The molecule has 0 radical (unpaired) electrons. The minimum atomic E-state index is -4.26. The SMILES string of the molecule is CN1OS(=O)(=O)O/N=C(N)\N=C/1N. The van der Waals surface area contributed by atoms with Gasteiger partial charge in [0.15, 0.2) is 0 Å². The molecule has 0 bridgehead atoms. The van der Waals surface area contributed by atoms with Crippen LogP contribution in [0.4, 0.5) is 0 Å². The Bertz CT molecular complexity index is 358. The molecule has 0 atom stereocenters. The Labute approximate surface area is 73.9 Å². The van der Waals surface area contributed by atoms with Gasteiger partial charge >= 0.3 is 10.4 Å². The molecule has 4 N–H and O–H groups in total. The van der Waals surface area contributed by atoms with E-state index in [0.29, 0.717) is 5.06 Å². The van der Waals surface area contributed by atoms with Crippen LogP contribution in [0.3, 0.4) is 0 Å². The second-order valence-electron chi connectivity index (χ2n) is 1.97. The molecule has 0 unspecified atom stereocenters. The fourth-order valence-corrected chi connectivity index (χ4v) is 1.03. The van der Waals surface area contributed by atoms with E-state index in [9.17, 15) is 8.42 Å². The van der Waals surface area contributed by atoms with Crippen LogP contribution in [0.25, 0.3) is 0 Å². The van der Waals surface area contributed by atoms with Gasteiger partial charge in [0.05, 0.1) is 0 Å². The lowest BCUT2D eigenvalue weighted by Gasteiger charge is -2.16. The third-order valence-electron chi connectivity index (χ3n) is 0.977. The van der Waals surface area contributed by atoms with Crippen LogP contribution >= 0.6 is 0 Å². The number of nitrogens with two attached hydrogens (primary N) is 2. The lowest BCUT2D eigenvalue weighted by Crippen LogP contribution is -2.38. The smallest absolute Gasteiger partial charge is 0.368 e. The van der Waals surface area contributed by atoms with Gasteiger partial charge in [-0.15, -0.1) is 4.28 Å². The molecule has 0 saturated heterocycles. The highest BCUT2D eigenvalue weighted by atomic mass is 32.3. The zero-order chi connectivity index (χ0) is 10.1. The number of rotatable bonds is 0. The van der Waals surface area contributed by atoms with Gasteiger partial charge in [-0.2, -0.15) is 13.4 Å². The van der Waals surface area contributed by atoms with Crippen LogP contribution in [0.2, 0.25) is 0 Å². The number of hydrogen-bond acceptors (Lipinski definition) is 9. The summed E-state index contributed by atoms with van der Waals surface area (Å²) in [5.74, 6) is -0.677. The highest BCUT2D eigenvalue weighted by molar-refractivity contribution is 7.81. The minimum Gasteiger partial charge on any atom is -0.368 e. The van der Waals surface area contributed by atoms with E-state index in [-0.39, 0.29) is 5.96 Å². The van der Waals surface area contributed by atoms with Gasteiger partial charge in [-0.3, -0.25) is 0 Å². The second kappa shape index (κ2) is 3.06. The number of guanidine groups is 2. The first-order valence-corrected chi connectivity index (χ1v) is 4.28. The Morgan fingerprint density at radius 1 is 1.46 bits per heavy atom. The number of hydroxylamine groups is 2. The fourth-order valence-electron chi connectivity index (χ4n) is 0.481. The van der Waals surface area contributed by atoms with Crippen molar-refractivity contribution in [2.24, 2.45) is 21.6 Å². The highest BCUT2D eigenvalue weighted by Gasteiger charge is 2.21. The summed E-state index contributed by atoms with van der Waals surface area (Å²) in [7, 11) is -3.04. The molecule has 0 aromatic carbocycles. The van der Waals surface area contributed by atoms with Crippen LogP contribution in [0.15, 0.2) is 10.1 Å². The summed E-state index contributed by atoms with van der Waals surface area (Å²) in [6.07, 6.45) is 0. The van der Waals surface area contributed by atoms with Crippen molar-refractivity contribution in [1.82, 2.24) is 5.06 Å². The molecule has 1 aliphatic heterocycles. The maximum atomic E-state index is 10.8. The summed E-state index contributed by atoms with van der Waals surface area (Å²) in [5, 5.41) is 3.59. The monoisotopic (exact) mass is 209 g/mol. The topological polar surface area (TPSA) is 133 Å². The zero-order valence-corrected chi connectivity index (χ0v) is 7.35. The number of aliphatic imine (C=N–C) groups is 1. The summed E-state index contributed by atoms with van der Waals surface area (Å²) in [5.41, 5.74) is 10.3. The maximum absolute atomic E-state index is 10.8. The molecular formula is C3H7N5O4S. The van der Waals surface area contributed by atoms with Crippen molar-refractivity contribution in [2.45, 2.75) is 0 Å². The lowest BCUT2D eigenvalue weighted by atomic mass is 10.9. The normalized spacial score (nSPS) is 30.1. The molecule has 1 aliphatic rings. The predicted octanol–water partition coefficient (Wildman–Crippen LogP) is -2.33. The number of hydrogen-bond donors (Lipinski definition) is 2. The molecule has 0 saturated carbocycles. The summed E-state index contributed by atoms with van der Waals surface area (Å²) >= 11 is 0. The number of oxime groups is 1. The van der Waals surface area contributed by atoms with Crippen molar-refractivity contribution in [1.29, 1.82) is 0 Å². The van der Waals surface area contributed by atoms with Gasteiger partial charge < -0.3 is 11.5 Å². The fraction of sp³-hybridized carbons (Fsp3) is 0.333. The number of nitrogens with zero attached hydrogens (tertiary/aromatic N) is 3. The average molecular weight is 209 g/mol. The summed E-state index contributed by atoms with van der Waals surface area (Å²) in [6.45, 7) is 0. The van der Waals surface area contributed by atoms with Crippen LogP contribution in [-0.4, -0.2) is 32.4 Å². The van der Waals surface area contributed by atoms with Gasteiger partial charge in [-0.05, 0) is 5.16 Å². The molecule has 1 heterocycles. The van der Waals surface area contributed by atoms with E-state index in [2.05, 4.69) is 18.7 Å². The van der Waals surface area contributed by atoms with E-state index in [4.69, 9.17) is 11.5 Å². The molecule has 0 aromatic rings. The first kappa shape index (κ1) is 9.54. The van der Waals surface area contributed by atoms with Crippen molar-refractivity contribution in [3.63, 3.8) is 0 Å². The van der Waals surface area contributed by atoms with Gasteiger partial charge in [0.2, 0.25) is 5.96 Å². The summed E-state index contributed by atoms with van der Waals surface area (Å²) < 4.78 is 29.6. The molecule has 1 rings (SSSR count). The molecule has 0 amide bonds. The summed E-state index contributed by atoms with van der Waals surface area (Å²) in [4.78, 5) is 3.42. The molecular weight excluding hydrogens is 202 g/mol. The van der Waals surface area contributed by atoms with E-state index in [0.717, 1.165) is 0 Å². The average Bonchev–Trinajstić information content (AvgIpc) is 1.99. The molecule has 9 nitrogen and oxygen atoms in total. The predicted molar refractivity (Wildman–Crippen MR) is 42.1 cm³/mol. The molecule has 0 fully saturated rings. The van der Waals surface area contributed by atoms with Gasteiger partial charge in [0, 0.05) is 7.05 Å². The molecule has 0 aromatic heterocycles. The quantitative estimate of drug-likeness (QED) is 0.457. The van der Waals surface area contributed by atoms with Gasteiger partial charge in [0.25, 0.3) is 5.96 Å². The van der Waals surface area contributed by atoms with Gasteiger partial charge in [-0.25, -0.2) is 9.35 Å². The van der Waals surface area contributed by atoms with Crippen molar-refractivity contribution >= 4 is 22.3 Å². The van der Waals surface area contributed by atoms with E-state index in [1.165, 1.54) is 7.05 Å². The molecule has 74 valence electrons. The van der Waals surface area contributed by atoms with Gasteiger partial charge in [-0.1, -0.05) is 0 Å². The van der Waals surface area contributed by atoms with Crippen LogP contribution in [0, 0.1) is 0 Å². The van der Waals surface area contributed by atoms with Crippen molar-refractivity contribution in [3.8, 4) is 0 Å². The molecule has 0 spiro atoms. The second-order valence-corrected chi connectivity index (χ2v) is 3.09. The Hall–Kier alpha value is -1.55.